The maximum absolute atomic E-state index is 12.6. The quantitative estimate of drug-likeness (QED) is 0.783. The zero-order valence-electron chi connectivity index (χ0n) is 16.8. The third-order valence-electron chi connectivity index (χ3n) is 4.96. The molecule has 8 heteroatoms. The molecule has 1 fully saturated rings. The Kier molecular flexibility index (Phi) is 5.93. The topological polar surface area (TPSA) is 86.8 Å². The number of hydrogen-bond acceptors (Lipinski definition) is 5. The summed E-state index contributed by atoms with van der Waals surface area (Å²) in [4.78, 5) is 27.1. The zero-order chi connectivity index (χ0) is 21.2. The van der Waals surface area contributed by atoms with Crippen LogP contribution in [0, 0.1) is 5.92 Å². The predicted molar refractivity (Wildman–Crippen MR) is 115 cm³/mol. The smallest absolute Gasteiger partial charge is 0.255 e. The van der Waals surface area contributed by atoms with Gasteiger partial charge in [-0.25, -0.2) is 12.7 Å². The van der Waals surface area contributed by atoms with E-state index >= 15 is 0 Å². The minimum atomic E-state index is -3.71. The minimum Gasteiger partial charge on any atom is -0.372 e. The highest BCUT2D eigenvalue weighted by molar-refractivity contribution is 7.94. The number of hydrogen-bond donors (Lipinski definition) is 1. The van der Waals surface area contributed by atoms with Crippen molar-refractivity contribution >= 4 is 38.9 Å². The fourth-order valence-corrected chi connectivity index (χ4v) is 5.22. The normalized spacial score (nSPS) is 18.0. The highest BCUT2D eigenvalue weighted by Gasteiger charge is 2.42. The Hall–Kier alpha value is -2.87. The van der Waals surface area contributed by atoms with Gasteiger partial charge in [0.1, 0.15) is 0 Å². The number of sulfonamides is 1. The van der Waals surface area contributed by atoms with Crippen LogP contribution in [0.25, 0.3) is 0 Å². The molecule has 1 heterocycles. The molecule has 0 aromatic heterocycles. The van der Waals surface area contributed by atoms with Crippen LogP contribution in [0.15, 0.2) is 48.5 Å². The average Bonchev–Trinajstić information content (AvgIpc) is 2.90. The van der Waals surface area contributed by atoms with Crippen molar-refractivity contribution in [3.8, 4) is 0 Å². The molecule has 2 aromatic carbocycles. The molecule has 2 amide bonds. The Morgan fingerprint density at radius 3 is 2.34 bits per heavy atom. The summed E-state index contributed by atoms with van der Waals surface area (Å²) in [5.74, 6) is -1.67. The van der Waals surface area contributed by atoms with Gasteiger partial charge in [-0.1, -0.05) is 13.0 Å². The Morgan fingerprint density at radius 1 is 1.14 bits per heavy atom. The number of benzene rings is 2. The molecule has 2 aromatic rings. The van der Waals surface area contributed by atoms with Crippen LogP contribution in [-0.4, -0.2) is 39.1 Å². The van der Waals surface area contributed by atoms with Gasteiger partial charge in [-0.2, -0.15) is 0 Å². The molecule has 0 radical (unpaired) electrons. The highest BCUT2D eigenvalue weighted by atomic mass is 32.2. The van der Waals surface area contributed by atoms with Gasteiger partial charge in [0.15, 0.2) is 0 Å². The van der Waals surface area contributed by atoms with E-state index in [0.717, 1.165) is 23.1 Å². The third kappa shape index (κ3) is 4.27. The third-order valence-corrected chi connectivity index (χ3v) is 6.83. The van der Waals surface area contributed by atoms with Crippen molar-refractivity contribution in [1.29, 1.82) is 0 Å². The fourth-order valence-electron chi connectivity index (χ4n) is 3.41. The maximum Gasteiger partial charge on any atom is 0.255 e. The molecule has 7 nitrogen and oxygen atoms in total. The number of nitrogens with one attached hydrogen (secondary N) is 1. The van der Waals surface area contributed by atoms with Crippen molar-refractivity contribution in [2.45, 2.75) is 20.8 Å². The minimum absolute atomic E-state index is 0.184. The lowest BCUT2D eigenvalue weighted by atomic mass is 10.1. The van der Waals surface area contributed by atoms with Crippen molar-refractivity contribution in [3.63, 3.8) is 0 Å². The van der Waals surface area contributed by atoms with Crippen LogP contribution in [0.3, 0.4) is 0 Å². The summed E-state index contributed by atoms with van der Waals surface area (Å²) in [6.07, 6.45) is 0. The van der Waals surface area contributed by atoms with Crippen molar-refractivity contribution in [2.24, 2.45) is 5.92 Å². The fraction of sp³-hybridized carbons (Fsp3) is 0.333. The summed E-state index contributed by atoms with van der Waals surface area (Å²) in [6.45, 7) is 7.53. The predicted octanol–water partition coefficient (Wildman–Crippen LogP) is 3.10. The molecule has 1 unspecified atom stereocenters. The van der Waals surface area contributed by atoms with E-state index in [4.69, 9.17) is 0 Å². The van der Waals surface area contributed by atoms with E-state index in [1.54, 1.807) is 19.1 Å². The van der Waals surface area contributed by atoms with E-state index in [1.807, 2.05) is 24.3 Å². The van der Waals surface area contributed by atoms with Gasteiger partial charge < -0.3 is 10.2 Å². The van der Waals surface area contributed by atoms with Gasteiger partial charge in [0, 0.05) is 30.0 Å². The first-order chi connectivity index (χ1) is 13.8. The van der Waals surface area contributed by atoms with Crippen LogP contribution < -0.4 is 14.5 Å². The van der Waals surface area contributed by atoms with Crippen LogP contribution in [0.2, 0.25) is 0 Å². The summed E-state index contributed by atoms with van der Waals surface area (Å²) >= 11 is 0. The lowest BCUT2D eigenvalue weighted by Crippen LogP contribution is -2.30. The molecule has 0 aliphatic carbocycles. The summed E-state index contributed by atoms with van der Waals surface area (Å²) in [7, 11) is -3.71. The first-order valence-corrected chi connectivity index (χ1v) is 11.2. The standard InChI is InChI=1S/C21H25N3O4S/c1-4-23(5-2)18-11-9-17(10-12-18)22-20(25)16-7-6-8-19(13-16)24-21(26)15(3)14-29(24,27)28/h6-13,15H,4-5,14H2,1-3H3,(H,22,25). The number of anilines is 3. The molecule has 1 N–H and O–H groups in total. The van der Waals surface area contributed by atoms with E-state index in [-0.39, 0.29) is 22.9 Å². The molecule has 1 aliphatic heterocycles. The number of carbonyl (C=O) groups is 2. The van der Waals surface area contributed by atoms with Gasteiger partial charge >= 0.3 is 0 Å². The van der Waals surface area contributed by atoms with Crippen LogP contribution in [0.5, 0.6) is 0 Å². The number of carbonyl (C=O) groups excluding carboxylic acids is 2. The van der Waals surface area contributed by atoms with Crippen molar-refractivity contribution in [3.05, 3.63) is 54.1 Å². The second kappa shape index (κ2) is 8.24. The van der Waals surface area contributed by atoms with Gasteiger partial charge in [0.25, 0.3) is 5.91 Å². The SMILES string of the molecule is CCN(CC)c1ccc(NC(=O)c2cccc(N3C(=O)C(C)CS3(=O)=O)c2)cc1. The van der Waals surface area contributed by atoms with Crippen LogP contribution in [0.1, 0.15) is 31.1 Å². The summed E-state index contributed by atoms with van der Waals surface area (Å²) in [5, 5.41) is 2.81. The van der Waals surface area contributed by atoms with Crippen molar-refractivity contribution in [2.75, 3.05) is 33.4 Å². The Balaban J connectivity index is 1.79. The van der Waals surface area contributed by atoms with Crippen molar-refractivity contribution < 1.29 is 18.0 Å². The van der Waals surface area contributed by atoms with Gasteiger partial charge in [0.05, 0.1) is 17.4 Å². The molecule has 0 spiro atoms. The summed E-state index contributed by atoms with van der Waals surface area (Å²) < 4.78 is 25.4. The van der Waals surface area contributed by atoms with E-state index in [9.17, 15) is 18.0 Å². The summed E-state index contributed by atoms with van der Waals surface area (Å²) in [5.41, 5.74) is 2.17. The Bertz CT molecular complexity index is 1010. The lowest BCUT2D eigenvalue weighted by molar-refractivity contribution is -0.119. The average molecular weight is 416 g/mol. The zero-order valence-corrected chi connectivity index (χ0v) is 17.6. The van der Waals surface area contributed by atoms with E-state index in [2.05, 4.69) is 24.1 Å². The monoisotopic (exact) mass is 415 g/mol. The second-order valence-electron chi connectivity index (χ2n) is 7.01. The number of amides is 2. The molecule has 0 bridgehead atoms. The Morgan fingerprint density at radius 2 is 1.79 bits per heavy atom. The largest absolute Gasteiger partial charge is 0.372 e. The summed E-state index contributed by atoms with van der Waals surface area (Å²) in [6, 6.07) is 13.6. The number of rotatable bonds is 6. The first kappa shape index (κ1) is 20.9. The van der Waals surface area contributed by atoms with E-state index in [1.165, 1.54) is 12.1 Å². The van der Waals surface area contributed by atoms with Crippen LogP contribution in [0.4, 0.5) is 17.1 Å². The maximum atomic E-state index is 12.6. The number of nitrogens with zero attached hydrogens (tertiary/aromatic N) is 2. The van der Waals surface area contributed by atoms with Gasteiger partial charge in [-0.15, -0.1) is 0 Å². The van der Waals surface area contributed by atoms with Crippen LogP contribution >= 0.6 is 0 Å². The van der Waals surface area contributed by atoms with Gasteiger partial charge in [0.2, 0.25) is 15.9 Å². The molecule has 3 rings (SSSR count). The first-order valence-electron chi connectivity index (χ1n) is 9.60. The molecule has 154 valence electrons. The highest BCUT2D eigenvalue weighted by Crippen LogP contribution is 2.29. The van der Waals surface area contributed by atoms with Crippen LogP contribution in [-0.2, 0) is 14.8 Å². The van der Waals surface area contributed by atoms with Crippen molar-refractivity contribution in [1.82, 2.24) is 0 Å². The molecular formula is C21H25N3O4S. The molecule has 29 heavy (non-hydrogen) atoms. The van der Waals surface area contributed by atoms with Gasteiger partial charge in [-0.3, -0.25) is 9.59 Å². The van der Waals surface area contributed by atoms with Gasteiger partial charge in [-0.05, 0) is 56.3 Å². The molecule has 1 aliphatic rings. The van der Waals surface area contributed by atoms with E-state index in [0.29, 0.717) is 5.69 Å². The molecule has 1 atom stereocenters. The molecule has 1 saturated heterocycles. The molecular weight excluding hydrogens is 390 g/mol. The molecule has 0 saturated carbocycles. The Labute approximate surface area is 171 Å². The second-order valence-corrected chi connectivity index (χ2v) is 8.87. The van der Waals surface area contributed by atoms with E-state index < -0.39 is 21.8 Å². The lowest BCUT2D eigenvalue weighted by Gasteiger charge is -2.21.